The Labute approximate surface area is 209 Å². The molecule has 5 rings (SSSR count). The van der Waals surface area contributed by atoms with E-state index >= 15 is 0 Å². The number of pyridine rings is 2. The van der Waals surface area contributed by atoms with E-state index in [1.165, 1.54) is 4.90 Å². The zero-order valence-corrected chi connectivity index (χ0v) is 20.1. The summed E-state index contributed by atoms with van der Waals surface area (Å²) in [4.78, 5) is 36.8. The fourth-order valence-electron chi connectivity index (χ4n) is 4.35. The molecule has 8 heteroatoms. The van der Waals surface area contributed by atoms with Crippen LogP contribution in [0, 0.1) is 0 Å². The molecule has 0 bridgehead atoms. The number of rotatable bonds is 8. The maximum absolute atomic E-state index is 12.3. The first-order chi connectivity index (χ1) is 17.6. The van der Waals surface area contributed by atoms with Gasteiger partial charge in [0.15, 0.2) is 0 Å². The van der Waals surface area contributed by atoms with Crippen LogP contribution in [-0.4, -0.2) is 46.9 Å². The van der Waals surface area contributed by atoms with E-state index in [1.54, 1.807) is 19.5 Å². The van der Waals surface area contributed by atoms with Crippen LogP contribution in [-0.2, 0) is 29.2 Å². The summed E-state index contributed by atoms with van der Waals surface area (Å²) in [7, 11) is 1.66. The van der Waals surface area contributed by atoms with Crippen molar-refractivity contribution in [3.05, 3.63) is 95.9 Å². The molecule has 2 aromatic carbocycles. The maximum Gasteiger partial charge on any atom is 0.242 e. The molecule has 182 valence electrons. The highest BCUT2D eigenvalue weighted by atomic mass is 16.5. The fourth-order valence-corrected chi connectivity index (χ4v) is 4.35. The third kappa shape index (κ3) is 5.43. The zero-order valence-electron chi connectivity index (χ0n) is 20.1. The number of aromatic nitrogens is 2. The molecule has 1 aliphatic heterocycles. The molecule has 0 unspecified atom stereocenters. The first kappa shape index (κ1) is 23.3. The van der Waals surface area contributed by atoms with Crippen LogP contribution in [0.3, 0.4) is 0 Å². The largest absolute Gasteiger partial charge is 0.497 e. The lowest BCUT2D eigenvalue weighted by molar-refractivity contribution is -0.141. The summed E-state index contributed by atoms with van der Waals surface area (Å²) in [5.41, 5.74) is 4.89. The third-order valence-corrected chi connectivity index (χ3v) is 6.19. The van der Waals surface area contributed by atoms with Crippen LogP contribution in [0.25, 0.3) is 10.9 Å². The van der Waals surface area contributed by atoms with Gasteiger partial charge < -0.3 is 19.9 Å². The Morgan fingerprint density at radius 1 is 0.944 bits per heavy atom. The van der Waals surface area contributed by atoms with E-state index in [0.717, 1.165) is 39.2 Å². The lowest BCUT2D eigenvalue weighted by Gasteiger charge is -2.28. The molecule has 4 aromatic rings. The number of nitrogens with one attached hydrogen (secondary N) is 1. The minimum atomic E-state index is -0.157. The van der Waals surface area contributed by atoms with Crippen molar-refractivity contribution in [3.63, 3.8) is 0 Å². The van der Waals surface area contributed by atoms with E-state index in [-0.39, 0.29) is 31.4 Å². The predicted molar refractivity (Wildman–Crippen MR) is 137 cm³/mol. The number of benzene rings is 2. The first-order valence-electron chi connectivity index (χ1n) is 11.8. The molecule has 2 amide bonds. The average molecular weight is 482 g/mol. The second-order valence-electron chi connectivity index (χ2n) is 8.77. The van der Waals surface area contributed by atoms with E-state index in [4.69, 9.17) is 4.74 Å². The van der Waals surface area contributed by atoms with Crippen molar-refractivity contribution < 1.29 is 14.3 Å². The van der Waals surface area contributed by atoms with Crippen molar-refractivity contribution in [1.29, 1.82) is 0 Å². The average Bonchev–Trinajstić information content (AvgIpc) is 2.90. The maximum atomic E-state index is 12.3. The molecule has 0 spiro atoms. The quantitative estimate of drug-likeness (QED) is 0.416. The van der Waals surface area contributed by atoms with Crippen LogP contribution < -0.4 is 15.0 Å². The Kier molecular flexibility index (Phi) is 6.75. The summed E-state index contributed by atoms with van der Waals surface area (Å²) >= 11 is 0. The van der Waals surface area contributed by atoms with Gasteiger partial charge in [-0.2, -0.15) is 0 Å². The van der Waals surface area contributed by atoms with Crippen LogP contribution in [0.2, 0.25) is 0 Å². The van der Waals surface area contributed by atoms with Crippen LogP contribution >= 0.6 is 0 Å². The van der Waals surface area contributed by atoms with Crippen molar-refractivity contribution >= 4 is 28.4 Å². The highest BCUT2D eigenvalue weighted by Crippen LogP contribution is 2.24. The fraction of sp³-hybridized carbons (Fsp3) is 0.214. The Morgan fingerprint density at radius 2 is 1.81 bits per heavy atom. The van der Waals surface area contributed by atoms with Gasteiger partial charge in [-0.3, -0.25) is 19.6 Å². The second-order valence-corrected chi connectivity index (χ2v) is 8.77. The minimum absolute atomic E-state index is 0.0243. The van der Waals surface area contributed by atoms with Gasteiger partial charge in [-0.15, -0.1) is 0 Å². The normalized spacial score (nSPS) is 13.5. The summed E-state index contributed by atoms with van der Waals surface area (Å²) in [6, 6.07) is 22.3. The molecule has 2 aromatic heterocycles. The highest BCUT2D eigenvalue weighted by Gasteiger charge is 2.23. The van der Waals surface area contributed by atoms with Crippen molar-refractivity contribution in [2.24, 2.45) is 0 Å². The van der Waals surface area contributed by atoms with Gasteiger partial charge in [0.05, 0.1) is 38.0 Å². The molecule has 36 heavy (non-hydrogen) atoms. The van der Waals surface area contributed by atoms with E-state index < -0.39 is 0 Å². The Bertz CT molecular complexity index is 1410. The Morgan fingerprint density at radius 3 is 2.67 bits per heavy atom. The molecule has 1 aliphatic rings. The number of fused-ring (bicyclic) bond motifs is 1. The summed E-state index contributed by atoms with van der Waals surface area (Å²) in [6.45, 7) is 1.65. The van der Waals surface area contributed by atoms with Gasteiger partial charge in [-0.25, -0.2) is 0 Å². The number of ether oxygens (including phenoxy) is 1. The number of carbonyl (C=O) groups is 2. The Hall–Kier alpha value is -4.46. The molecule has 3 heterocycles. The monoisotopic (exact) mass is 481 g/mol. The third-order valence-electron chi connectivity index (χ3n) is 6.19. The van der Waals surface area contributed by atoms with Gasteiger partial charge in [0.2, 0.25) is 11.8 Å². The summed E-state index contributed by atoms with van der Waals surface area (Å²) in [5, 5.41) is 3.68. The number of anilines is 1. The lowest BCUT2D eigenvalue weighted by Crippen LogP contribution is -2.51. The smallest absolute Gasteiger partial charge is 0.242 e. The number of nitrogens with zero attached hydrogens (tertiary/aromatic N) is 4. The van der Waals surface area contributed by atoms with E-state index in [9.17, 15) is 9.59 Å². The molecular weight excluding hydrogens is 454 g/mol. The summed E-state index contributed by atoms with van der Waals surface area (Å²) in [5.74, 6) is 0.536. The van der Waals surface area contributed by atoms with Gasteiger partial charge in [0, 0.05) is 36.6 Å². The molecule has 0 aliphatic carbocycles. The van der Waals surface area contributed by atoms with Crippen molar-refractivity contribution in [2.45, 2.75) is 19.6 Å². The number of methoxy groups -OCH3 is 1. The molecule has 0 radical (unpaired) electrons. The topological polar surface area (TPSA) is 87.7 Å². The number of carbonyl (C=O) groups excluding carboxylic acids is 2. The molecule has 1 fully saturated rings. The van der Waals surface area contributed by atoms with Gasteiger partial charge >= 0.3 is 0 Å². The van der Waals surface area contributed by atoms with Crippen molar-refractivity contribution in [1.82, 2.24) is 20.2 Å². The standard InChI is InChI=1S/C28H27N5O3/c1-36-25-6-2-4-20(12-25)16-32(17-21-7-8-22-5-3-10-30-26(22)13-21)24-9-11-29-23(14-24)18-33-19-27(34)31-15-28(33)35/h2-14H,15-19H2,1H3,(H,31,34). The SMILES string of the molecule is COc1cccc(CN(Cc2ccc3cccnc3c2)c2ccnc(CN3CC(=O)NCC3=O)c2)c1. The van der Waals surface area contributed by atoms with Crippen LogP contribution in [0.1, 0.15) is 16.8 Å². The van der Waals surface area contributed by atoms with Gasteiger partial charge in [0.1, 0.15) is 5.75 Å². The van der Waals surface area contributed by atoms with E-state index in [0.29, 0.717) is 13.1 Å². The molecule has 0 atom stereocenters. The molecule has 1 N–H and O–H groups in total. The van der Waals surface area contributed by atoms with Crippen molar-refractivity contribution in [2.75, 3.05) is 25.1 Å². The van der Waals surface area contributed by atoms with E-state index in [1.807, 2.05) is 36.4 Å². The number of amides is 2. The molecule has 1 saturated heterocycles. The molecular formula is C28H27N5O3. The lowest BCUT2D eigenvalue weighted by atomic mass is 10.1. The minimum Gasteiger partial charge on any atom is -0.497 e. The zero-order chi connectivity index (χ0) is 24.9. The van der Waals surface area contributed by atoms with Crippen LogP contribution in [0.15, 0.2) is 79.1 Å². The van der Waals surface area contributed by atoms with Crippen molar-refractivity contribution in [3.8, 4) is 5.75 Å². The Balaban J connectivity index is 1.44. The number of hydrogen-bond donors (Lipinski definition) is 1. The van der Waals surface area contributed by atoms with E-state index in [2.05, 4.69) is 50.5 Å². The van der Waals surface area contributed by atoms with Crippen LogP contribution in [0.4, 0.5) is 5.69 Å². The number of hydrogen-bond acceptors (Lipinski definition) is 6. The first-order valence-corrected chi connectivity index (χ1v) is 11.8. The number of piperazine rings is 1. The summed E-state index contributed by atoms with van der Waals surface area (Å²) < 4.78 is 5.42. The molecule has 8 nitrogen and oxygen atoms in total. The van der Waals surface area contributed by atoms with Gasteiger partial charge in [0.25, 0.3) is 0 Å². The highest BCUT2D eigenvalue weighted by molar-refractivity contribution is 5.92. The summed E-state index contributed by atoms with van der Waals surface area (Å²) in [6.07, 6.45) is 3.55. The van der Waals surface area contributed by atoms with Gasteiger partial charge in [-0.05, 0) is 47.5 Å². The molecule has 0 saturated carbocycles. The predicted octanol–water partition coefficient (Wildman–Crippen LogP) is 3.30. The van der Waals surface area contributed by atoms with Gasteiger partial charge in [-0.1, -0.05) is 30.3 Å². The van der Waals surface area contributed by atoms with Crippen LogP contribution in [0.5, 0.6) is 5.75 Å². The second kappa shape index (κ2) is 10.4.